The topological polar surface area (TPSA) is 106 Å². The Morgan fingerprint density at radius 1 is 1.12 bits per heavy atom. The van der Waals surface area contributed by atoms with Gasteiger partial charge in [-0.3, -0.25) is 13.9 Å². The number of aromatic nitrogens is 7. The smallest absolute Gasteiger partial charge is 0.349 e. The lowest BCUT2D eigenvalue weighted by molar-refractivity contribution is -0.00710. The van der Waals surface area contributed by atoms with Gasteiger partial charge in [0.05, 0.1) is 18.0 Å². The number of nitrogens with zero attached hydrogens (tertiary/aromatic N) is 7. The van der Waals surface area contributed by atoms with E-state index in [1.54, 1.807) is 20.1 Å². The van der Waals surface area contributed by atoms with Crippen molar-refractivity contribution in [1.82, 2.24) is 34.1 Å². The Morgan fingerprint density at radius 2 is 2.00 bits per heavy atom. The summed E-state index contributed by atoms with van der Waals surface area (Å²) >= 11 is 0. The Balaban J connectivity index is 1.65. The Hall–Kier alpha value is -3.79. The summed E-state index contributed by atoms with van der Waals surface area (Å²) in [6, 6.07) is 5.63. The highest BCUT2D eigenvalue weighted by molar-refractivity contribution is 6.05. The van der Waals surface area contributed by atoms with Crippen molar-refractivity contribution in [3.05, 3.63) is 47.3 Å². The molecule has 5 aromatic rings. The first-order chi connectivity index (χ1) is 16.5. The molecule has 0 saturated carbocycles. The van der Waals surface area contributed by atoms with Crippen molar-refractivity contribution < 1.29 is 9.15 Å². The van der Waals surface area contributed by atoms with Crippen LogP contribution in [0.25, 0.3) is 44.8 Å². The van der Waals surface area contributed by atoms with E-state index in [2.05, 4.69) is 22.1 Å². The van der Waals surface area contributed by atoms with Gasteiger partial charge in [-0.25, -0.2) is 9.78 Å². The number of rotatable bonds is 4. The second-order valence-electron chi connectivity index (χ2n) is 8.79. The molecule has 0 spiro atoms. The molecule has 0 unspecified atom stereocenters. The Labute approximate surface area is 194 Å². The van der Waals surface area contributed by atoms with Gasteiger partial charge in [0.15, 0.2) is 11.2 Å². The van der Waals surface area contributed by atoms with Gasteiger partial charge in [0.2, 0.25) is 0 Å². The highest BCUT2D eigenvalue weighted by atomic mass is 16.5. The van der Waals surface area contributed by atoms with Crippen LogP contribution in [-0.2, 0) is 18.8 Å². The first-order valence-corrected chi connectivity index (χ1v) is 11.5. The van der Waals surface area contributed by atoms with Crippen LogP contribution >= 0.6 is 0 Å². The summed E-state index contributed by atoms with van der Waals surface area (Å²) in [6.07, 6.45) is 7.86. The number of furan rings is 1. The summed E-state index contributed by atoms with van der Waals surface area (Å²) in [6.45, 7) is 2.70. The van der Waals surface area contributed by atoms with Crippen molar-refractivity contribution in [1.29, 1.82) is 0 Å². The van der Waals surface area contributed by atoms with E-state index in [9.17, 15) is 4.79 Å². The monoisotopic (exact) mass is 459 g/mol. The molecular weight excluding hydrogens is 434 g/mol. The molecule has 5 aromatic heterocycles. The molecule has 10 heteroatoms. The molecule has 0 N–H and O–H groups in total. The largest absolute Gasteiger partial charge is 0.450 e. The van der Waals surface area contributed by atoms with Crippen LogP contribution < -0.4 is 5.69 Å². The standard InChI is InChI=1S/C24H25N7O3/c1-4-16-11-15(8-10-33-16)31-22-21-19(6-5-17(26-21)18-7-9-29(2)28-18)34-23(22)20(27-24(31)32)14-12-25-30(3)13-14/h5-7,9,12-13,15-16H,4,8,10-11H2,1-3H3/t15-,16-/m0/s1. The molecule has 6 rings (SSSR count). The van der Waals surface area contributed by atoms with Crippen LogP contribution in [0.15, 0.2) is 46.0 Å². The van der Waals surface area contributed by atoms with Crippen LogP contribution in [0.4, 0.5) is 0 Å². The second kappa shape index (κ2) is 7.91. The zero-order valence-corrected chi connectivity index (χ0v) is 19.3. The summed E-state index contributed by atoms with van der Waals surface area (Å²) in [4.78, 5) is 22.9. The van der Waals surface area contributed by atoms with E-state index in [1.165, 1.54) is 0 Å². The highest BCUT2D eigenvalue weighted by Gasteiger charge is 2.29. The molecule has 0 aliphatic carbocycles. The third-order valence-electron chi connectivity index (χ3n) is 6.49. The zero-order chi connectivity index (χ0) is 23.4. The number of pyridine rings is 1. The molecular formula is C24H25N7O3. The van der Waals surface area contributed by atoms with E-state index in [0.29, 0.717) is 40.2 Å². The molecule has 6 heterocycles. The Kier molecular flexibility index (Phi) is 4.84. The van der Waals surface area contributed by atoms with E-state index in [4.69, 9.17) is 14.1 Å². The molecule has 0 aromatic carbocycles. The van der Waals surface area contributed by atoms with Crippen molar-refractivity contribution in [2.45, 2.75) is 38.3 Å². The van der Waals surface area contributed by atoms with E-state index >= 15 is 0 Å². The molecule has 174 valence electrons. The SMILES string of the molecule is CC[C@H]1C[C@@H](n2c(=O)nc(-c3cnn(C)c3)c3oc4ccc(-c5ccn(C)n5)nc4c32)CCO1. The average Bonchev–Trinajstić information content (AvgIpc) is 3.57. The minimum absolute atomic E-state index is 0.0507. The van der Waals surface area contributed by atoms with Crippen LogP contribution in [0.1, 0.15) is 32.2 Å². The molecule has 2 atom stereocenters. The lowest BCUT2D eigenvalue weighted by atomic mass is 10.0. The van der Waals surface area contributed by atoms with Crippen molar-refractivity contribution in [2.24, 2.45) is 14.1 Å². The molecule has 34 heavy (non-hydrogen) atoms. The lowest BCUT2D eigenvalue weighted by Crippen LogP contribution is -2.34. The molecule has 0 amide bonds. The fourth-order valence-electron chi connectivity index (χ4n) is 4.80. The minimum Gasteiger partial charge on any atom is -0.450 e. The molecule has 1 fully saturated rings. The van der Waals surface area contributed by atoms with Crippen molar-refractivity contribution in [3.63, 3.8) is 0 Å². The van der Waals surface area contributed by atoms with Crippen LogP contribution in [0.5, 0.6) is 0 Å². The van der Waals surface area contributed by atoms with Gasteiger partial charge in [-0.15, -0.1) is 0 Å². The summed E-state index contributed by atoms with van der Waals surface area (Å²) in [5.41, 5.74) is 4.77. The maximum Gasteiger partial charge on any atom is 0.349 e. The summed E-state index contributed by atoms with van der Waals surface area (Å²) < 4.78 is 17.4. The normalized spacial score (nSPS) is 18.8. The van der Waals surface area contributed by atoms with Crippen LogP contribution in [0, 0.1) is 0 Å². The minimum atomic E-state index is -0.319. The van der Waals surface area contributed by atoms with Crippen LogP contribution in [-0.4, -0.2) is 46.8 Å². The Morgan fingerprint density at radius 3 is 2.74 bits per heavy atom. The molecule has 0 radical (unpaired) electrons. The summed E-state index contributed by atoms with van der Waals surface area (Å²) in [5.74, 6) is 0. The van der Waals surface area contributed by atoms with E-state index in [1.807, 2.05) is 44.7 Å². The predicted octanol–water partition coefficient (Wildman–Crippen LogP) is 3.47. The quantitative estimate of drug-likeness (QED) is 0.405. The third-order valence-corrected chi connectivity index (χ3v) is 6.49. The fraction of sp³-hybridized carbons (Fsp3) is 0.375. The van der Waals surface area contributed by atoms with E-state index < -0.39 is 0 Å². The van der Waals surface area contributed by atoms with Crippen molar-refractivity contribution in [2.75, 3.05) is 6.61 Å². The van der Waals surface area contributed by atoms with Gasteiger partial charge < -0.3 is 9.15 Å². The number of hydrogen-bond acceptors (Lipinski definition) is 7. The van der Waals surface area contributed by atoms with Gasteiger partial charge >= 0.3 is 5.69 Å². The predicted molar refractivity (Wildman–Crippen MR) is 126 cm³/mol. The van der Waals surface area contributed by atoms with Crippen molar-refractivity contribution >= 4 is 22.2 Å². The number of ether oxygens (including phenoxy) is 1. The van der Waals surface area contributed by atoms with Gasteiger partial charge in [-0.2, -0.15) is 15.2 Å². The van der Waals surface area contributed by atoms with E-state index in [-0.39, 0.29) is 17.8 Å². The first kappa shape index (κ1) is 20.8. The fourth-order valence-corrected chi connectivity index (χ4v) is 4.80. The lowest BCUT2D eigenvalue weighted by Gasteiger charge is -2.30. The number of aryl methyl sites for hydroxylation is 2. The number of hydrogen-bond donors (Lipinski definition) is 0. The van der Waals surface area contributed by atoms with Gasteiger partial charge in [0, 0.05) is 44.7 Å². The third kappa shape index (κ3) is 3.33. The zero-order valence-electron chi connectivity index (χ0n) is 19.3. The van der Waals surface area contributed by atoms with Gasteiger partial charge in [0.25, 0.3) is 0 Å². The number of fused-ring (bicyclic) bond motifs is 3. The molecule has 1 saturated heterocycles. The summed E-state index contributed by atoms with van der Waals surface area (Å²) in [5, 5.41) is 8.74. The molecule has 0 bridgehead atoms. The van der Waals surface area contributed by atoms with Crippen molar-refractivity contribution in [3.8, 4) is 22.6 Å². The molecule has 1 aliphatic heterocycles. The van der Waals surface area contributed by atoms with E-state index in [0.717, 1.165) is 30.5 Å². The molecule has 10 nitrogen and oxygen atoms in total. The van der Waals surface area contributed by atoms with Gasteiger partial charge in [-0.05, 0) is 37.5 Å². The van der Waals surface area contributed by atoms with Crippen LogP contribution in [0.2, 0.25) is 0 Å². The van der Waals surface area contributed by atoms with Gasteiger partial charge in [0.1, 0.15) is 22.4 Å². The maximum atomic E-state index is 13.5. The highest BCUT2D eigenvalue weighted by Crippen LogP contribution is 2.37. The average molecular weight is 460 g/mol. The first-order valence-electron chi connectivity index (χ1n) is 11.5. The second-order valence-corrected chi connectivity index (χ2v) is 8.79. The van der Waals surface area contributed by atoms with Gasteiger partial charge in [-0.1, -0.05) is 6.92 Å². The summed E-state index contributed by atoms with van der Waals surface area (Å²) in [7, 11) is 3.70. The molecule has 1 aliphatic rings. The Bertz CT molecular complexity index is 1570. The maximum absolute atomic E-state index is 13.5. The van der Waals surface area contributed by atoms with Crippen LogP contribution in [0.3, 0.4) is 0 Å².